The molecule has 0 aliphatic carbocycles. The molecule has 0 spiro atoms. The molecular weight excluding hydrogens is 350 g/mol. The molecule has 1 amide bonds. The standard InChI is InChI=1S/C19H19N3O3S/c1-21(17-9-11-26(24,25)13-17)19(23)15-5-2-4-14(12-15)18-7-3-6-16-8-10-20-22(16)18/h2-8,10,12,17H,9,11,13H2,1H3/t17-/m1/s1. The van der Waals surface area contributed by atoms with Gasteiger partial charge < -0.3 is 4.90 Å². The fourth-order valence-corrected chi connectivity index (χ4v) is 5.20. The maximum Gasteiger partial charge on any atom is 0.253 e. The molecule has 4 rings (SSSR count). The van der Waals surface area contributed by atoms with Gasteiger partial charge in [-0.1, -0.05) is 18.2 Å². The molecule has 6 nitrogen and oxygen atoms in total. The maximum absolute atomic E-state index is 12.8. The molecular formula is C19H19N3O3S. The molecule has 1 fully saturated rings. The SMILES string of the molecule is CN(C(=O)c1cccc(-c2cccc3ccnn23)c1)[C@@H]1CCS(=O)(=O)C1. The van der Waals surface area contributed by atoms with Gasteiger partial charge in [0.15, 0.2) is 9.84 Å². The van der Waals surface area contributed by atoms with E-state index in [9.17, 15) is 13.2 Å². The Morgan fingerprint density at radius 2 is 2.00 bits per heavy atom. The van der Waals surface area contributed by atoms with Crippen LogP contribution in [0.15, 0.2) is 54.7 Å². The molecule has 1 saturated heterocycles. The third-order valence-electron chi connectivity index (χ3n) is 4.90. The predicted molar refractivity (Wildman–Crippen MR) is 99.8 cm³/mol. The fraction of sp³-hybridized carbons (Fsp3) is 0.263. The molecule has 134 valence electrons. The van der Waals surface area contributed by atoms with E-state index < -0.39 is 9.84 Å². The Morgan fingerprint density at radius 1 is 1.19 bits per heavy atom. The van der Waals surface area contributed by atoms with Gasteiger partial charge in [0.1, 0.15) is 0 Å². The van der Waals surface area contributed by atoms with E-state index in [4.69, 9.17) is 0 Å². The topological polar surface area (TPSA) is 71.8 Å². The van der Waals surface area contributed by atoms with Gasteiger partial charge in [-0.2, -0.15) is 5.10 Å². The molecule has 1 atom stereocenters. The molecule has 3 aromatic rings. The maximum atomic E-state index is 12.8. The molecule has 7 heteroatoms. The molecule has 0 unspecified atom stereocenters. The monoisotopic (exact) mass is 369 g/mol. The smallest absolute Gasteiger partial charge is 0.253 e. The summed E-state index contributed by atoms with van der Waals surface area (Å²) >= 11 is 0. The minimum Gasteiger partial charge on any atom is -0.338 e. The summed E-state index contributed by atoms with van der Waals surface area (Å²) in [5.74, 6) is 0.0274. The molecule has 0 bridgehead atoms. The summed E-state index contributed by atoms with van der Waals surface area (Å²) in [6.07, 6.45) is 2.24. The van der Waals surface area contributed by atoms with Crippen LogP contribution in [-0.2, 0) is 9.84 Å². The third-order valence-corrected chi connectivity index (χ3v) is 6.65. The number of pyridine rings is 1. The lowest BCUT2D eigenvalue weighted by molar-refractivity contribution is 0.0747. The Balaban J connectivity index is 1.66. The van der Waals surface area contributed by atoms with Crippen molar-refractivity contribution in [3.05, 3.63) is 60.3 Å². The summed E-state index contributed by atoms with van der Waals surface area (Å²) in [7, 11) is -1.36. The van der Waals surface area contributed by atoms with Crippen molar-refractivity contribution in [2.45, 2.75) is 12.5 Å². The van der Waals surface area contributed by atoms with Crippen molar-refractivity contribution in [3.63, 3.8) is 0 Å². The van der Waals surface area contributed by atoms with Crippen molar-refractivity contribution in [3.8, 4) is 11.3 Å². The van der Waals surface area contributed by atoms with E-state index in [0.717, 1.165) is 16.8 Å². The molecule has 0 saturated carbocycles. The van der Waals surface area contributed by atoms with Gasteiger partial charge in [0, 0.05) is 24.2 Å². The number of hydrogen-bond acceptors (Lipinski definition) is 4. The average molecular weight is 369 g/mol. The summed E-state index contributed by atoms with van der Waals surface area (Å²) < 4.78 is 25.2. The van der Waals surface area contributed by atoms with Gasteiger partial charge in [0.2, 0.25) is 0 Å². The van der Waals surface area contributed by atoms with Crippen LogP contribution < -0.4 is 0 Å². The summed E-state index contributed by atoms with van der Waals surface area (Å²) in [5, 5.41) is 4.34. The summed E-state index contributed by atoms with van der Waals surface area (Å²) in [5.41, 5.74) is 3.30. The van der Waals surface area contributed by atoms with Crippen LogP contribution in [-0.4, -0.2) is 53.4 Å². The first-order valence-corrected chi connectivity index (χ1v) is 10.3. The first-order chi connectivity index (χ1) is 12.4. The van der Waals surface area contributed by atoms with Gasteiger partial charge in [-0.25, -0.2) is 12.9 Å². The van der Waals surface area contributed by atoms with Crippen LogP contribution in [0.1, 0.15) is 16.8 Å². The van der Waals surface area contributed by atoms with E-state index in [2.05, 4.69) is 5.10 Å². The largest absolute Gasteiger partial charge is 0.338 e. The Bertz CT molecular complexity index is 1090. The van der Waals surface area contributed by atoms with Crippen LogP contribution in [0.2, 0.25) is 0 Å². The number of nitrogens with zero attached hydrogens (tertiary/aromatic N) is 3. The molecule has 0 N–H and O–H groups in total. The number of carbonyl (C=O) groups excluding carboxylic acids is 1. The van der Waals surface area contributed by atoms with Gasteiger partial charge in [-0.15, -0.1) is 0 Å². The van der Waals surface area contributed by atoms with Crippen molar-refractivity contribution in [1.82, 2.24) is 14.5 Å². The molecule has 26 heavy (non-hydrogen) atoms. The highest BCUT2D eigenvalue weighted by Crippen LogP contribution is 2.23. The molecule has 2 aromatic heterocycles. The minimum atomic E-state index is -3.03. The van der Waals surface area contributed by atoms with Gasteiger partial charge in [-0.3, -0.25) is 4.79 Å². The molecule has 1 aliphatic heterocycles. The van der Waals surface area contributed by atoms with Crippen molar-refractivity contribution >= 4 is 21.3 Å². The molecule has 0 radical (unpaired) electrons. The second-order valence-electron chi connectivity index (χ2n) is 6.63. The van der Waals surface area contributed by atoms with Crippen LogP contribution in [0.3, 0.4) is 0 Å². The highest BCUT2D eigenvalue weighted by Gasteiger charge is 2.33. The quantitative estimate of drug-likeness (QED) is 0.710. The first-order valence-electron chi connectivity index (χ1n) is 8.45. The molecule has 1 aromatic carbocycles. The number of aromatic nitrogens is 2. The van der Waals surface area contributed by atoms with E-state index >= 15 is 0 Å². The third kappa shape index (κ3) is 2.99. The summed E-state index contributed by atoms with van der Waals surface area (Å²) in [6, 6.07) is 14.9. The number of benzene rings is 1. The highest BCUT2D eigenvalue weighted by atomic mass is 32.2. The lowest BCUT2D eigenvalue weighted by Gasteiger charge is -2.23. The number of fused-ring (bicyclic) bond motifs is 1. The summed E-state index contributed by atoms with van der Waals surface area (Å²) in [4.78, 5) is 14.4. The van der Waals surface area contributed by atoms with E-state index in [1.54, 1.807) is 24.2 Å². The zero-order valence-electron chi connectivity index (χ0n) is 14.4. The zero-order chi connectivity index (χ0) is 18.3. The summed E-state index contributed by atoms with van der Waals surface area (Å²) in [6.45, 7) is 0. The van der Waals surface area contributed by atoms with Crippen molar-refractivity contribution in [2.24, 2.45) is 0 Å². The van der Waals surface area contributed by atoms with Gasteiger partial charge in [0.25, 0.3) is 5.91 Å². The molecule has 1 aliphatic rings. The molecule has 3 heterocycles. The first kappa shape index (κ1) is 16.8. The Morgan fingerprint density at radius 3 is 2.77 bits per heavy atom. The van der Waals surface area contributed by atoms with Crippen molar-refractivity contribution in [2.75, 3.05) is 18.6 Å². The Hall–Kier alpha value is -2.67. The normalized spacial score (nSPS) is 18.9. The van der Waals surface area contributed by atoms with Crippen LogP contribution in [0.4, 0.5) is 0 Å². The fourth-order valence-electron chi connectivity index (χ4n) is 3.43. The second-order valence-corrected chi connectivity index (χ2v) is 8.86. The number of hydrogen-bond donors (Lipinski definition) is 0. The number of sulfone groups is 1. The van der Waals surface area contributed by atoms with Gasteiger partial charge in [0.05, 0.1) is 28.9 Å². The van der Waals surface area contributed by atoms with Gasteiger partial charge in [-0.05, 0) is 36.8 Å². The number of carbonyl (C=O) groups is 1. The van der Waals surface area contributed by atoms with E-state index in [-0.39, 0.29) is 23.5 Å². The Labute approximate surface area is 152 Å². The minimum absolute atomic E-state index is 0.0432. The van der Waals surface area contributed by atoms with E-state index in [1.807, 2.05) is 47.0 Å². The zero-order valence-corrected chi connectivity index (χ0v) is 15.2. The highest BCUT2D eigenvalue weighted by molar-refractivity contribution is 7.91. The lowest BCUT2D eigenvalue weighted by atomic mass is 10.1. The average Bonchev–Trinajstić information content (AvgIpc) is 3.26. The van der Waals surface area contributed by atoms with E-state index in [0.29, 0.717) is 12.0 Å². The number of rotatable bonds is 3. The van der Waals surface area contributed by atoms with Gasteiger partial charge >= 0.3 is 0 Å². The lowest BCUT2D eigenvalue weighted by Crippen LogP contribution is -2.37. The van der Waals surface area contributed by atoms with E-state index in [1.165, 1.54) is 0 Å². The van der Waals surface area contributed by atoms with Crippen LogP contribution in [0, 0.1) is 0 Å². The van der Waals surface area contributed by atoms with Crippen LogP contribution in [0.5, 0.6) is 0 Å². The van der Waals surface area contributed by atoms with Crippen LogP contribution >= 0.6 is 0 Å². The van der Waals surface area contributed by atoms with Crippen molar-refractivity contribution < 1.29 is 13.2 Å². The predicted octanol–water partition coefficient (Wildman–Crippen LogP) is 2.26. The van der Waals surface area contributed by atoms with Crippen LogP contribution in [0.25, 0.3) is 16.8 Å². The number of amides is 1. The van der Waals surface area contributed by atoms with Crippen molar-refractivity contribution in [1.29, 1.82) is 0 Å². The Kier molecular flexibility index (Phi) is 4.03. The second kappa shape index (κ2) is 6.25.